The number of amides is 2. The largest absolute Gasteiger partial charge is 0.356 e. The topological polar surface area (TPSA) is 65.0 Å². The smallest absolute Gasteiger partial charge is 0.243 e. The van der Waals surface area contributed by atoms with E-state index in [0.717, 1.165) is 30.7 Å². The second-order valence-corrected chi connectivity index (χ2v) is 8.16. The molecule has 6 nitrogen and oxygen atoms in total. The highest BCUT2D eigenvalue weighted by molar-refractivity contribution is 6.02. The van der Waals surface area contributed by atoms with E-state index in [9.17, 15) is 9.59 Å². The van der Waals surface area contributed by atoms with Crippen molar-refractivity contribution in [3.63, 3.8) is 0 Å². The zero-order chi connectivity index (χ0) is 20.5. The molecule has 1 heterocycles. The number of nitrogens with one attached hydrogen (secondary N) is 1. The van der Waals surface area contributed by atoms with Crippen LogP contribution in [0.3, 0.4) is 0 Å². The Morgan fingerprint density at radius 3 is 2.66 bits per heavy atom. The van der Waals surface area contributed by atoms with Gasteiger partial charge >= 0.3 is 0 Å². The normalized spacial score (nSPS) is 17.4. The highest BCUT2D eigenvalue weighted by atomic mass is 16.2. The maximum atomic E-state index is 12.4. The zero-order valence-corrected chi connectivity index (χ0v) is 17.6. The number of hydrogen-bond donors (Lipinski definition) is 1. The molecule has 0 aromatic heterocycles. The molecule has 158 valence electrons. The summed E-state index contributed by atoms with van der Waals surface area (Å²) in [5.74, 6) is -0.131. The standard InChI is InChI=1S/C23H34N4O2/c1-26(20-11-6-3-7-12-20)17-8-16-24-22(28)13-14-23(29)27-18-15-21(25-27)19-9-4-2-5-10-19/h2,4-5,9-10,20H,3,6-8,11-18H2,1H3,(H,24,28). The SMILES string of the molecule is CN(CCCNC(=O)CCC(=O)N1CCC(c2ccccc2)=N1)C1CCCCC1. The summed E-state index contributed by atoms with van der Waals surface area (Å²) in [6, 6.07) is 10.6. The van der Waals surface area contributed by atoms with E-state index in [0.29, 0.717) is 19.1 Å². The predicted octanol–water partition coefficient (Wildman–Crippen LogP) is 3.17. The molecule has 1 N–H and O–H groups in total. The molecule has 1 aliphatic heterocycles. The predicted molar refractivity (Wildman–Crippen MR) is 116 cm³/mol. The lowest BCUT2D eigenvalue weighted by Crippen LogP contribution is -2.36. The second-order valence-electron chi connectivity index (χ2n) is 8.16. The molecular weight excluding hydrogens is 364 g/mol. The van der Waals surface area contributed by atoms with Crippen molar-refractivity contribution in [3.8, 4) is 0 Å². The fourth-order valence-electron chi connectivity index (χ4n) is 4.17. The summed E-state index contributed by atoms with van der Waals surface area (Å²) < 4.78 is 0. The van der Waals surface area contributed by atoms with E-state index < -0.39 is 0 Å². The number of rotatable bonds is 9. The van der Waals surface area contributed by atoms with Crippen molar-refractivity contribution in [2.45, 2.75) is 63.8 Å². The summed E-state index contributed by atoms with van der Waals surface area (Å²) in [5, 5.41) is 8.90. The molecule has 2 aliphatic rings. The van der Waals surface area contributed by atoms with Crippen molar-refractivity contribution in [1.82, 2.24) is 15.2 Å². The van der Waals surface area contributed by atoms with E-state index >= 15 is 0 Å². The molecule has 3 rings (SSSR count). The molecule has 0 atom stereocenters. The van der Waals surface area contributed by atoms with E-state index in [1.165, 1.54) is 37.1 Å². The van der Waals surface area contributed by atoms with E-state index in [1.54, 1.807) is 0 Å². The molecule has 1 fully saturated rings. The van der Waals surface area contributed by atoms with Gasteiger partial charge in [0.1, 0.15) is 0 Å². The fraction of sp³-hybridized carbons (Fsp3) is 0.609. The van der Waals surface area contributed by atoms with Gasteiger partial charge in [-0.1, -0.05) is 49.6 Å². The van der Waals surface area contributed by atoms with Crippen LogP contribution in [0, 0.1) is 0 Å². The molecule has 0 radical (unpaired) electrons. The van der Waals surface area contributed by atoms with Gasteiger partial charge < -0.3 is 10.2 Å². The highest BCUT2D eigenvalue weighted by Gasteiger charge is 2.22. The summed E-state index contributed by atoms with van der Waals surface area (Å²) in [5.41, 5.74) is 1.99. The quantitative estimate of drug-likeness (QED) is 0.650. The lowest BCUT2D eigenvalue weighted by Gasteiger charge is -2.31. The fourth-order valence-corrected chi connectivity index (χ4v) is 4.17. The monoisotopic (exact) mass is 398 g/mol. The maximum absolute atomic E-state index is 12.4. The Kier molecular flexibility index (Phi) is 8.23. The van der Waals surface area contributed by atoms with E-state index in [4.69, 9.17) is 0 Å². The van der Waals surface area contributed by atoms with Crippen LogP contribution in [0.2, 0.25) is 0 Å². The summed E-state index contributed by atoms with van der Waals surface area (Å²) in [7, 11) is 2.19. The molecule has 0 bridgehead atoms. The van der Waals surface area contributed by atoms with E-state index in [2.05, 4.69) is 22.4 Å². The highest BCUT2D eigenvalue weighted by Crippen LogP contribution is 2.21. The first-order chi connectivity index (χ1) is 14.1. The molecule has 0 unspecified atom stereocenters. The van der Waals surface area contributed by atoms with Gasteiger partial charge in [0, 0.05) is 31.8 Å². The van der Waals surface area contributed by atoms with Crippen LogP contribution in [0.5, 0.6) is 0 Å². The van der Waals surface area contributed by atoms with Crippen molar-refractivity contribution < 1.29 is 9.59 Å². The van der Waals surface area contributed by atoms with Crippen molar-refractivity contribution in [1.29, 1.82) is 0 Å². The van der Waals surface area contributed by atoms with Crippen LogP contribution in [0.4, 0.5) is 0 Å². The van der Waals surface area contributed by atoms with Gasteiger partial charge in [-0.15, -0.1) is 0 Å². The van der Waals surface area contributed by atoms with Gasteiger partial charge in [-0.2, -0.15) is 5.10 Å². The molecule has 1 saturated carbocycles. The minimum Gasteiger partial charge on any atom is -0.356 e. The summed E-state index contributed by atoms with van der Waals surface area (Å²) in [6.07, 6.45) is 8.80. The summed E-state index contributed by atoms with van der Waals surface area (Å²) >= 11 is 0. The molecule has 29 heavy (non-hydrogen) atoms. The molecular formula is C23H34N4O2. The Morgan fingerprint density at radius 2 is 1.90 bits per heavy atom. The van der Waals surface area contributed by atoms with Gasteiger partial charge in [0.05, 0.1) is 12.3 Å². The number of hydrogen-bond acceptors (Lipinski definition) is 4. The lowest BCUT2D eigenvalue weighted by atomic mass is 9.94. The Morgan fingerprint density at radius 1 is 1.14 bits per heavy atom. The first-order valence-electron chi connectivity index (χ1n) is 11.0. The minimum atomic E-state index is -0.0805. The third-order valence-corrected chi connectivity index (χ3v) is 5.97. The van der Waals surface area contributed by atoms with Crippen LogP contribution in [-0.4, -0.2) is 60.2 Å². The second kappa shape index (κ2) is 11.1. The number of benzene rings is 1. The van der Waals surface area contributed by atoms with Crippen LogP contribution in [-0.2, 0) is 9.59 Å². The van der Waals surface area contributed by atoms with Gasteiger partial charge in [-0.3, -0.25) is 9.59 Å². The first-order valence-corrected chi connectivity index (χ1v) is 11.0. The van der Waals surface area contributed by atoms with Crippen molar-refractivity contribution in [2.24, 2.45) is 5.10 Å². The Bertz CT molecular complexity index is 698. The van der Waals surface area contributed by atoms with Gasteiger partial charge in [0.2, 0.25) is 11.8 Å². The van der Waals surface area contributed by atoms with Crippen molar-refractivity contribution in [3.05, 3.63) is 35.9 Å². The summed E-state index contributed by atoms with van der Waals surface area (Å²) in [6.45, 7) is 2.27. The van der Waals surface area contributed by atoms with Gasteiger partial charge in [0.15, 0.2) is 0 Å². The molecule has 1 aromatic carbocycles. The molecule has 1 aliphatic carbocycles. The summed E-state index contributed by atoms with van der Waals surface area (Å²) in [4.78, 5) is 26.9. The van der Waals surface area contributed by atoms with Crippen LogP contribution < -0.4 is 5.32 Å². The van der Waals surface area contributed by atoms with E-state index in [1.807, 2.05) is 30.3 Å². The molecule has 1 aromatic rings. The maximum Gasteiger partial charge on any atom is 0.243 e. The van der Waals surface area contributed by atoms with Crippen LogP contribution in [0.1, 0.15) is 63.4 Å². The molecule has 0 spiro atoms. The third-order valence-electron chi connectivity index (χ3n) is 5.97. The average molecular weight is 399 g/mol. The number of carbonyl (C=O) groups excluding carboxylic acids is 2. The Labute approximate surface area is 174 Å². The third kappa shape index (κ3) is 6.67. The van der Waals surface area contributed by atoms with Crippen molar-refractivity contribution in [2.75, 3.05) is 26.7 Å². The Hall–Kier alpha value is -2.21. The van der Waals surface area contributed by atoms with Gasteiger partial charge in [-0.05, 0) is 38.4 Å². The number of carbonyl (C=O) groups is 2. The molecule has 2 amide bonds. The number of nitrogens with zero attached hydrogens (tertiary/aromatic N) is 3. The minimum absolute atomic E-state index is 0.0508. The van der Waals surface area contributed by atoms with E-state index in [-0.39, 0.29) is 24.7 Å². The van der Waals surface area contributed by atoms with Crippen LogP contribution >= 0.6 is 0 Å². The van der Waals surface area contributed by atoms with Crippen LogP contribution in [0.25, 0.3) is 0 Å². The van der Waals surface area contributed by atoms with Crippen LogP contribution in [0.15, 0.2) is 35.4 Å². The zero-order valence-electron chi connectivity index (χ0n) is 17.6. The lowest BCUT2D eigenvalue weighted by molar-refractivity contribution is -0.133. The first kappa shape index (κ1) is 21.5. The molecule has 6 heteroatoms. The average Bonchev–Trinajstić information content (AvgIpc) is 3.26. The van der Waals surface area contributed by atoms with Gasteiger partial charge in [0.25, 0.3) is 0 Å². The number of hydrazone groups is 1. The Balaban J connectivity index is 1.30. The molecule has 0 saturated heterocycles. The van der Waals surface area contributed by atoms with Crippen molar-refractivity contribution >= 4 is 17.5 Å². The van der Waals surface area contributed by atoms with Gasteiger partial charge in [-0.25, -0.2) is 5.01 Å².